The number of nitrogens with two attached hydrogens (primary N) is 1. The highest BCUT2D eigenvalue weighted by Crippen LogP contribution is 2.04. The lowest BCUT2D eigenvalue weighted by atomic mass is 10.3. The zero-order chi connectivity index (χ0) is 13.7. The van der Waals surface area contributed by atoms with Crippen molar-refractivity contribution in [2.75, 3.05) is 6.61 Å². The van der Waals surface area contributed by atoms with Crippen LogP contribution in [0.2, 0.25) is 0 Å². The zero-order valence-corrected chi connectivity index (χ0v) is 10.7. The molecule has 2 aromatic heterocycles. The average molecular weight is 260 g/mol. The van der Waals surface area contributed by atoms with E-state index in [1.54, 1.807) is 6.20 Å². The average Bonchev–Trinajstić information content (AvgIpc) is 2.40. The van der Waals surface area contributed by atoms with E-state index in [2.05, 4.69) is 10.1 Å². The van der Waals surface area contributed by atoms with Crippen LogP contribution in [-0.4, -0.2) is 27.4 Å². The maximum absolute atomic E-state index is 11.9. The Balaban J connectivity index is 2.09. The first-order valence-electron chi connectivity index (χ1n) is 6.00. The van der Waals surface area contributed by atoms with Crippen molar-refractivity contribution in [3.63, 3.8) is 0 Å². The summed E-state index contributed by atoms with van der Waals surface area (Å²) in [5.41, 5.74) is 6.12. The summed E-state index contributed by atoms with van der Waals surface area (Å²) in [6.07, 6.45) is 3.19. The van der Waals surface area contributed by atoms with Crippen molar-refractivity contribution in [1.29, 1.82) is 0 Å². The third kappa shape index (κ3) is 3.89. The maximum atomic E-state index is 11.9. The van der Waals surface area contributed by atoms with Gasteiger partial charge < -0.3 is 10.5 Å². The molecule has 100 valence electrons. The Kier molecular flexibility index (Phi) is 4.25. The summed E-state index contributed by atoms with van der Waals surface area (Å²) < 4.78 is 6.67. The first-order chi connectivity index (χ1) is 9.15. The second-order valence-electron chi connectivity index (χ2n) is 4.30. The van der Waals surface area contributed by atoms with Gasteiger partial charge in [-0.25, -0.2) is 4.68 Å². The van der Waals surface area contributed by atoms with Gasteiger partial charge in [-0.3, -0.25) is 9.78 Å². The van der Waals surface area contributed by atoms with Crippen LogP contribution in [0.4, 0.5) is 0 Å². The van der Waals surface area contributed by atoms with Crippen LogP contribution in [0.3, 0.4) is 0 Å². The topological polar surface area (TPSA) is 83.0 Å². The highest BCUT2D eigenvalue weighted by Gasteiger charge is 2.03. The molecular formula is C13H16N4O2. The van der Waals surface area contributed by atoms with Gasteiger partial charge >= 0.3 is 0 Å². The Morgan fingerprint density at radius 2 is 2.32 bits per heavy atom. The summed E-state index contributed by atoms with van der Waals surface area (Å²) in [6, 6.07) is 6.85. The van der Waals surface area contributed by atoms with Crippen molar-refractivity contribution in [3.8, 4) is 5.75 Å². The van der Waals surface area contributed by atoms with E-state index in [4.69, 9.17) is 10.5 Å². The van der Waals surface area contributed by atoms with Crippen molar-refractivity contribution in [3.05, 3.63) is 52.7 Å². The number of hydrogen-bond donors (Lipinski definition) is 1. The van der Waals surface area contributed by atoms with Gasteiger partial charge in [0, 0.05) is 18.3 Å². The van der Waals surface area contributed by atoms with Crippen molar-refractivity contribution < 1.29 is 4.74 Å². The molecule has 0 aromatic carbocycles. The molecule has 0 saturated carbocycles. The molecule has 1 unspecified atom stereocenters. The minimum Gasteiger partial charge on any atom is -0.490 e. The highest BCUT2D eigenvalue weighted by atomic mass is 16.5. The highest BCUT2D eigenvalue weighted by molar-refractivity contribution is 5.14. The fraction of sp³-hybridized carbons (Fsp3) is 0.308. The van der Waals surface area contributed by atoms with Gasteiger partial charge in [0.2, 0.25) is 0 Å². The van der Waals surface area contributed by atoms with Gasteiger partial charge in [0.05, 0.1) is 18.4 Å². The standard InChI is InChI=1S/C13H16N4O2/c1-10(14)9-19-12-6-13(18)17(16-7-12)8-11-4-2-3-5-15-11/h2-7,10H,8-9,14H2,1H3. The van der Waals surface area contributed by atoms with E-state index in [1.807, 2.05) is 25.1 Å². The van der Waals surface area contributed by atoms with E-state index in [9.17, 15) is 4.79 Å². The number of ether oxygens (including phenoxy) is 1. The minimum atomic E-state index is -0.229. The summed E-state index contributed by atoms with van der Waals surface area (Å²) in [6.45, 7) is 2.52. The van der Waals surface area contributed by atoms with E-state index in [1.165, 1.54) is 16.9 Å². The summed E-state index contributed by atoms with van der Waals surface area (Å²) in [5, 5.41) is 4.05. The number of rotatable bonds is 5. The van der Waals surface area contributed by atoms with Crippen molar-refractivity contribution in [2.24, 2.45) is 5.73 Å². The Bertz CT molecular complexity index is 581. The number of pyridine rings is 1. The van der Waals surface area contributed by atoms with Crippen LogP contribution >= 0.6 is 0 Å². The molecular weight excluding hydrogens is 244 g/mol. The molecule has 6 heteroatoms. The molecule has 2 aromatic rings. The number of hydrogen-bond acceptors (Lipinski definition) is 5. The van der Waals surface area contributed by atoms with Gasteiger partial charge in [0.1, 0.15) is 12.4 Å². The van der Waals surface area contributed by atoms with Gasteiger partial charge in [-0.15, -0.1) is 0 Å². The molecule has 0 radical (unpaired) electrons. The molecule has 0 fully saturated rings. The summed E-state index contributed by atoms with van der Waals surface area (Å²) in [4.78, 5) is 16.0. The minimum absolute atomic E-state index is 0.0871. The lowest BCUT2D eigenvalue weighted by Gasteiger charge is -2.09. The Hall–Kier alpha value is -2.21. The smallest absolute Gasteiger partial charge is 0.270 e. The van der Waals surface area contributed by atoms with Gasteiger partial charge in [-0.05, 0) is 19.1 Å². The van der Waals surface area contributed by atoms with Crippen molar-refractivity contribution in [1.82, 2.24) is 14.8 Å². The second kappa shape index (κ2) is 6.10. The normalized spacial score (nSPS) is 12.1. The molecule has 0 spiro atoms. The Labute approximate surface area is 110 Å². The van der Waals surface area contributed by atoms with Crippen LogP contribution in [0.25, 0.3) is 0 Å². The Morgan fingerprint density at radius 1 is 1.47 bits per heavy atom. The first-order valence-corrected chi connectivity index (χ1v) is 6.00. The SMILES string of the molecule is CC(N)COc1cnn(Cc2ccccn2)c(=O)c1. The van der Waals surface area contributed by atoms with E-state index >= 15 is 0 Å². The van der Waals surface area contributed by atoms with Crippen LogP contribution in [-0.2, 0) is 6.54 Å². The fourth-order valence-corrected chi connectivity index (χ4v) is 1.49. The van der Waals surface area contributed by atoms with Crippen LogP contribution in [0.15, 0.2) is 41.5 Å². The van der Waals surface area contributed by atoms with Crippen molar-refractivity contribution in [2.45, 2.75) is 19.5 Å². The van der Waals surface area contributed by atoms with Gasteiger partial charge in [-0.2, -0.15) is 5.10 Å². The molecule has 0 aliphatic heterocycles. The third-order valence-corrected chi connectivity index (χ3v) is 2.40. The monoisotopic (exact) mass is 260 g/mol. The quantitative estimate of drug-likeness (QED) is 0.842. The molecule has 6 nitrogen and oxygen atoms in total. The number of aromatic nitrogens is 3. The second-order valence-corrected chi connectivity index (χ2v) is 4.30. The molecule has 0 bridgehead atoms. The maximum Gasteiger partial charge on any atom is 0.270 e. The summed E-state index contributed by atoms with van der Waals surface area (Å²) >= 11 is 0. The lowest BCUT2D eigenvalue weighted by molar-refractivity contribution is 0.293. The summed E-state index contributed by atoms with van der Waals surface area (Å²) in [5.74, 6) is 0.430. The Morgan fingerprint density at radius 3 is 2.95 bits per heavy atom. The largest absolute Gasteiger partial charge is 0.490 e. The molecule has 2 N–H and O–H groups in total. The first kappa shape index (κ1) is 13.2. The molecule has 0 amide bonds. The molecule has 2 rings (SSSR count). The van der Waals surface area contributed by atoms with Gasteiger partial charge in [0.15, 0.2) is 0 Å². The van der Waals surface area contributed by atoms with E-state index in [0.29, 0.717) is 18.9 Å². The zero-order valence-electron chi connectivity index (χ0n) is 10.7. The molecule has 19 heavy (non-hydrogen) atoms. The van der Waals surface area contributed by atoms with Crippen LogP contribution in [0.5, 0.6) is 5.75 Å². The molecule has 2 heterocycles. The van der Waals surface area contributed by atoms with E-state index < -0.39 is 0 Å². The number of nitrogens with zero attached hydrogens (tertiary/aromatic N) is 3. The molecule has 0 aliphatic carbocycles. The predicted octanol–water partition coefficient (Wildman–Crippen LogP) is 0.413. The van der Waals surface area contributed by atoms with Gasteiger partial charge in [0.25, 0.3) is 5.56 Å². The van der Waals surface area contributed by atoms with E-state index in [-0.39, 0.29) is 11.6 Å². The molecule has 1 atom stereocenters. The predicted molar refractivity (Wildman–Crippen MR) is 71.0 cm³/mol. The van der Waals surface area contributed by atoms with Crippen LogP contribution < -0.4 is 16.0 Å². The fourth-order valence-electron chi connectivity index (χ4n) is 1.49. The third-order valence-electron chi connectivity index (χ3n) is 2.40. The molecule has 0 aliphatic rings. The van der Waals surface area contributed by atoms with Gasteiger partial charge in [-0.1, -0.05) is 6.07 Å². The lowest BCUT2D eigenvalue weighted by Crippen LogP contribution is -2.26. The van der Waals surface area contributed by atoms with E-state index in [0.717, 1.165) is 5.69 Å². The molecule has 0 saturated heterocycles. The summed E-state index contributed by atoms with van der Waals surface area (Å²) in [7, 11) is 0. The van der Waals surface area contributed by atoms with Crippen LogP contribution in [0.1, 0.15) is 12.6 Å². The van der Waals surface area contributed by atoms with Crippen molar-refractivity contribution >= 4 is 0 Å². The van der Waals surface area contributed by atoms with Crippen LogP contribution in [0, 0.1) is 0 Å².